The molecule has 1 amide bonds. The lowest BCUT2D eigenvalue weighted by molar-refractivity contribution is -0.148. The summed E-state index contributed by atoms with van der Waals surface area (Å²) in [6.45, 7) is 17.0. The van der Waals surface area contributed by atoms with E-state index >= 15 is 0 Å². The average Bonchev–Trinajstić information content (AvgIpc) is 2.71. The summed E-state index contributed by atoms with van der Waals surface area (Å²) >= 11 is 0. The number of carbonyl (C=O) groups excluding carboxylic acids is 1. The molecule has 0 saturated heterocycles. The predicted molar refractivity (Wildman–Crippen MR) is 137 cm³/mol. The van der Waals surface area contributed by atoms with Gasteiger partial charge in [0.15, 0.2) is 8.32 Å². The predicted octanol–water partition coefficient (Wildman–Crippen LogP) is 7.13. The Balaban J connectivity index is 3.12. The fourth-order valence-electron chi connectivity index (χ4n) is 4.40. The number of ether oxygens (including phenoxy) is 1. The average molecular weight is 486 g/mol. The maximum absolute atomic E-state index is 12.6. The normalized spacial score (nSPS) is 18.6. The van der Waals surface area contributed by atoms with Gasteiger partial charge in [0, 0.05) is 12.5 Å². The molecule has 0 aromatic rings. The van der Waals surface area contributed by atoms with Crippen LogP contribution in [-0.4, -0.2) is 43.7 Å². The van der Waals surface area contributed by atoms with Gasteiger partial charge in [0.25, 0.3) is 0 Å². The molecule has 1 fully saturated rings. The zero-order valence-corrected chi connectivity index (χ0v) is 23.6. The van der Waals surface area contributed by atoms with Crippen molar-refractivity contribution in [2.45, 2.75) is 136 Å². The van der Waals surface area contributed by atoms with Crippen molar-refractivity contribution in [1.82, 2.24) is 5.32 Å². The van der Waals surface area contributed by atoms with Crippen LogP contribution in [0.2, 0.25) is 18.1 Å². The third-order valence-corrected chi connectivity index (χ3v) is 12.4. The van der Waals surface area contributed by atoms with Crippen molar-refractivity contribution in [1.29, 1.82) is 0 Å². The van der Waals surface area contributed by atoms with Gasteiger partial charge in [-0.1, -0.05) is 80.1 Å². The van der Waals surface area contributed by atoms with E-state index in [0.717, 1.165) is 25.7 Å². The third-order valence-electron chi connectivity index (χ3n) is 7.86. The van der Waals surface area contributed by atoms with E-state index in [0.29, 0.717) is 12.5 Å². The smallest absolute Gasteiger partial charge is 0.408 e. The van der Waals surface area contributed by atoms with E-state index in [-0.39, 0.29) is 23.5 Å². The molecule has 0 radical (unpaired) electrons. The first-order valence-corrected chi connectivity index (χ1v) is 16.0. The zero-order valence-electron chi connectivity index (χ0n) is 22.6. The van der Waals surface area contributed by atoms with Crippen LogP contribution in [0.15, 0.2) is 0 Å². The van der Waals surface area contributed by atoms with Gasteiger partial charge in [-0.2, -0.15) is 0 Å². The summed E-state index contributed by atoms with van der Waals surface area (Å²) in [4.78, 5) is 25.2. The highest BCUT2D eigenvalue weighted by Gasteiger charge is 2.48. The molecule has 1 rings (SSSR count). The largest absolute Gasteiger partial charge is 0.479 e. The minimum Gasteiger partial charge on any atom is -0.479 e. The molecule has 2 atom stereocenters. The van der Waals surface area contributed by atoms with Crippen LogP contribution < -0.4 is 5.32 Å². The fourth-order valence-corrected chi connectivity index (χ4v) is 5.79. The molecule has 0 aliphatic heterocycles. The molecule has 1 saturated carbocycles. The second kappa shape index (κ2) is 13.1. The molecule has 1 aliphatic rings. The van der Waals surface area contributed by atoms with Crippen molar-refractivity contribution >= 4 is 20.4 Å². The lowest BCUT2D eigenvalue weighted by atomic mass is 9.79. The van der Waals surface area contributed by atoms with Crippen LogP contribution in [0.25, 0.3) is 0 Å². The van der Waals surface area contributed by atoms with E-state index in [9.17, 15) is 14.7 Å². The molecule has 0 aromatic heterocycles. The van der Waals surface area contributed by atoms with Gasteiger partial charge in [0.1, 0.15) is 5.54 Å². The van der Waals surface area contributed by atoms with E-state index in [4.69, 9.17) is 9.16 Å². The number of nitrogens with one attached hydrogen (secondary N) is 1. The summed E-state index contributed by atoms with van der Waals surface area (Å²) in [5.41, 5.74) is -1.43. The third kappa shape index (κ3) is 9.23. The van der Waals surface area contributed by atoms with E-state index < -0.39 is 25.9 Å². The Morgan fingerprint density at radius 1 is 1.12 bits per heavy atom. The van der Waals surface area contributed by atoms with Gasteiger partial charge in [-0.15, -0.1) is 0 Å². The molecule has 6 nitrogen and oxygen atoms in total. The summed E-state index contributed by atoms with van der Waals surface area (Å²) in [6, 6.07) is 0. The first-order valence-electron chi connectivity index (χ1n) is 13.1. The molecule has 0 bridgehead atoms. The van der Waals surface area contributed by atoms with Crippen molar-refractivity contribution in [3.63, 3.8) is 0 Å². The Bertz CT molecular complexity index is 610. The molecule has 0 aromatic carbocycles. The first kappa shape index (κ1) is 29.9. The van der Waals surface area contributed by atoms with Crippen molar-refractivity contribution in [2.75, 3.05) is 6.61 Å². The maximum Gasteiger partial charge on any atom is 0.408 e. The summed E-state index contributed by atoms with van der Waals surface area (Å²) < 4.78 is 12.1. The molecular formula is C26H51NO5Si. The Morgan fingerprint density at radius 2 is 1.73 bits per heavy atom. The number of unbranched alkanes of at least 4 members (excludes halogenated alkanes) is 1. The molecule has 194 valence electrons. The summed E-state index contributed by atoms with van der Waals surface area (Å²) in [7, 11) is -2.13. The minimum atomic E-state index is -2.13. The van der Waals surface area contributed by atoms with Gasteiger partial charge in [0.2, 0.25) is 0 Å². The number of carbonyl (C=O) groups is 2. The van der Waals surface area contributed by atoms with Crippen LogP contribution in [-0.2, 0) is 14.0 Å². The zero-order chi connectivity index (χ0) is 25.3. The molecule has 0 heterocycles. The number of alkyl carbamates (subject to hydrolysis) is 1. The van der Waals surface area contributed by atoms with Crippen LogP contribution in [0.3, 0.4) is 0 Å². The molecule has 0 unspecified atom stereocenters. The van der Waals surface area contributed by atoms with Gasteiger partial charge in [-0.05, 0) is 49.2 Å². The van der Waals surface area contributed by atoms with Crippen LogP contribution in [0.5, 0.6) is 0 Å². The molecule has 33 heavy (non-hydrogen) atoms. The van der Waals surface area contributed by atoms with E-state index in [1.165, 1.54) is 32.1 Å². The number of aliphatic carboxylic acids is 1. The SMILES string of the molecule is CCCCOC(=O)N[C@](C[C@H](CCC1CCCCC1)O[Si](C)(C)C(C)(C)C)(C(=O)O)C(C)C. The number of amides is 1. The van der Waals surface area contributed by atoms with Crippen LogP contribution in [0.1, 0.15) is 106 Å². The Morgan fingerprint density at radius 3 is 2.21 bits per heavy atom. The molecule has 7 heteroatoms. The number of hydrogen-bond acceptors (Lipinski definition) is 4. The second-order valence-corrected chi connectivity index (χ2v) is 16.6. The lowest BCUT2D eigenvalue weighted by Crippen LogP contribution is -2.60. The molecular weight excluding hydrogens is 434 g/mol. The summed E-state index contributed by atoms with van der Waals surface area (Å²) in [5.74, 6) is -0.644. The lowest BCUT2D eigenvalue weighted by Gasteiger charge is -2.43. The fraction of sp³-hybridized carbons (Fsp3) is 0.923. The summed E-state index contributed by atoms with van der Waals surface area (Å²) in [5, 5.41) is 13.1. The maximum atomic E-state index is 12.6. The van der Waals surface area contributed by atoms with Gasteiger partial charge in [-0.25, -0.2) is 9.59 Å². The first-order chi connectivity index (χ1) is 15.2. The standard InChI is InChI=1S/C26H51NO5Si/c1-9-10-18-31-24(30)27-26(20(2)3,23(28)29)19-22(32-33(7,8)25(4,5)6)17-16-21-14-12-11-13-15-21/h20-22H,9-19H2,1-8H3,(H,27,30)(H,28,29)/t22-,26-/m0/s1. The van der Waals surface area contributed by atoms with Crippen LogP contribution >= 0.6 is 0 Å². The topological polar surface area (TPSA) is 84.9 Å². The van der Waals surface area contributed by atoms with Gasteiger partial charge >= 0.3 is 12.1 Å². The van der Waals surface area contributed by atoms with Crippen molar-refractivity contribution in [2.24, 2.45) is 11.8 Å². The van der Waals surface area contributed by atoms with E-state index in [1.807, 2.05) is 20.8 Å². The Labute approximate surface area is 203 Å². The second-order valence-electron chi connectivity index (χ2n) is 11.8. The molecule has 1 aliphatic carbocycles. The minimum absolute atomic E-state index is 0.0202. The van der Waals surface area contributed by atoms with Crippen LogP contribution in [0, 0.1) is 11.8 Å². The van der Waals surface area contributed by atoms with Gasteiger partial charge in [-0.3, -0.25) is 0 Å². The quantitative estimate of drug-likeness (QED) is 0.214. The van der Waals surface area contributed by atoms with Gasteiger partial charge < -0.3 is 19.6 Å². The Kier molecular flexibility index (Phi) is 11.9. The summed E-state index contributed by atoms with van der Waals surface area (Å²) in [6.07, 6.45) is 9.32. The van der Waals surface area contributed by atoms with Crippen molar-refractivity contribution in [3.8, 4) is 0 Å². The Hall–Kier alpha value is -1.08. The van der Waals surface area contributed by atoms with Crippen LogP contribution in [0.4, 0.5) is 4.79 Å². The highest BCUT2D eigenvalue weighted by Crippen LogP contribution is 2.40. The van der Waals surface area contributed by atoms with E-state index in [2.05, 4.69) is 39.2 Å². The molecule has 2 N–H and O–H groups in total. The molecule has 0 spiro atoms. The van der Waals surface area contributed by atoms with Crippen molar-refractivity contribution in [3.05, 3.63) is 0 Å². The number of rotatable bonds is 13. The highest BCUT2D eigenvalue weighted by molar-refractivity contribution is 6.74. The van der Waals surface area contributed by atoms with E-state index in [1.54, 1.807) is 0 Å². The van der Waals surface area contributed by atoms with Gasteiger partial charge in [0.05, 0.1) is 6.61 Å². The number of carboxylic acids is 1. The highest BCUT2D eigenvalue weighted by atomic mass is 28.4. The monoisotopic (exact) mass is 485 g/mol. The number of carboxylic acid groups (broad SMARTS) is 1. The number of hydrogen-bond donors (Lipinski definition) is 2. The van der Waals surface area contributed by atoms with Crippen molar-refractivity contribution < 1.29 is 23.9 Å².